The lowest BCUT2D eigenvalue weighted by molar-refractivity contribution is -0.134. The SMILES string of the molecule is CC(=O)Oc1cc2c(c(C(C)C)c1OC(C)=O)C(=O)C[C@H]1C(C)(C)CCC[C@]21C. The first kappa shape index (κ1) is 21.5. The van der Waals surface area contributed by atoms with Crippen LogP contribution < -0.4 is 9.47 Å². The van der Waals surface area contributed by atoms with E-state index in [9.17, 15) is 14.4 Å². The lowest BCUT2D eigenvalue weighted by Gasteiger charge is -2.54. The Balaban J connectivity index is 2.36. The van der Waals surface area contributed by atoms with Crippen LogP contribution in [0.2, 0.25) is 0 Å². The van der Waals surface area contributed by atoms with Gasteiger partial charge in [0, 0.05) is 31.4 Å². The van der Waals surface area contributed by atoms with Crippen molar-refractivity contribution < 1.29 is 23.9 Å². The van der Waals surface area contributed by atoms with Gasteiger partial charge < -0.3 is 9.47 Å². The first-order valence-electron chi connectivity index (χ1n) is 10.5. The molecule has 1 saturated carbocycles. The van der Waals surface area contributed by atoms with Crippen molar-refractivity contribution in [2.24, 2.45) is 11.3 Å². The molecule has 0 bridgehead atoms. The zero-order valence-corrected chi connectivity index (χ0v) is 18.6. The van der Waals surface area contributed by atoms with Gasteiger partial charge in [-0.25, -0.2) is 0 Å². The Bertz CT molecular complexity index is 880. The molecule has 0 aromatic heterocycles. The van der Waals surface area contributed by atoms with Crippen molar-refractivity contribution in [3.63, 3.8) is 0 Å². The van der Waals surface area contributed by atoms with Crippen molar-refractivity contribution in [1.82, 2.24) is 0 Å². The number of ether oxygens (including phenoxy) is 2. The van der Waals surface area contributed by atoms with Gasteiger partial charge in [-0.1, -0.05) is 41.0 Å². The van der Waals surface area contributed by atoms with Gasteiger partial charge in [0.25, 0.3) is 0 Å². The lowest BCUT2D eigenvalue weighted by Crippen LogP contribution is -2.49. The molecule has 5 heteroatoms. The van der Waals surface area contributed by atoms with E-state index < -0.39 is 11.9 Å². The predicted octanol–water partition coefficient (Wildman–Crippen LogP) is 5.33. The molecule has 1 aromatic rings. The van der Waals surface area contributed by atoms with Crippen LogP contribution in [0.15, 0.2) is 6.07 Å². The minimum atomic E-state index is -0.508. The second-order valence-corrected chi connectivity index (χ2v) is 9.82. The van der Waals surface area contributed by atoms with E-state index >= 15 is 0 Å². The molecule has 29 heavy (non-hydrogen) atoms. The van der Waals surface area contributed by atoms with Crippen LogP contribution in [0.25, 0.3) is 0 Å². The molecule has 0 spiro atoms. The average Bonchev–Trinajstić information content (AvgIpc) is 2.56. The van der Waals surface area contributed by atoms with E-state index in [0.29, 0.717) is 17.5 Å². The molecule has 3 rings (SSSR count). The van der Waals surface area contributed by atoms with Crippen molar-refractivity contribution in [1.29, 1.82) is 0 Å². The fraction of sp³-hybridized carbons (Fsp3) is 0.625. The monoisotopic (exact) mass is 400 g/mol. The molecule has 0 heterocycles. The molecular weight excluding hydrogens is 368 g/mol. The number of ketones is 1. The highest BCUT2D eigenvalue weighted by Gasteiger charge is 2.53. The molecule has 2 atom stereocenters. The third kappa shape index (κ3) is 3.60. The minimum absolute atomic E-state index is 0.0501. The second-order valence-electron chi connectivity index (χ2n) is 9.82. The van der Waals surface area contributed by atoms with E-state index in [-0.39, 0.29) is 39.9 Å². The Hall–Kier alpha value is -2.17. The maximum atomic E-state index is 13.4. The van der Waals surface area contributed by atoms with E-state index in [0.717, 1.165) is 24.8 Å². The van der Waals surface area contributed by atoms with Gasteiger partial charge in [-0.15, -0.1) is 0 Å². The van der Waals surface area contributed by atoms with Gasteiger partial charge in [0.05, 0.1) is 0 Å². The first-order chi connectivity index (χ1) is 13.4. The molecule has 1 aromatic carbocycles. The summed E-state index contributed by atoms with van der Waals surface area (Å²) in [6, 6.07) is 1.78. The van der Waals surface area contributed by atoms with Crippen molar-refractivity contribution in [3.05, 3.63) is 22.8 Å². The molecule has 0 unspecified atom stereocenters. The van der Waals surface area contributed by atoms with Gasteiger partial charge in [0.2, 0.25) is 0 Å². The van der Waals surface area contributed by atoms with Crippen molar-refractivity contribution in [2.45, 2.75) is 85.5 Å². The summed E-state index contributed by atoms with van der Waals surface area (Å²) in [7, 11) is 0. The van der Waals surface area contributed by atoms with Crippen LogP contribution in [0.5, 0.6) is 11.5 Å². The van der Waals surface area contributed by atoms with E-state index in [2.05, 4.69) is 20.8 Å². The van der Waals surface area contributed by atoms with Crippen LogP contribution in [-0.2, 0) is 15.0 Å². The third-order valence-corrected chi connectivity index (χ3v) is 6.87. The van der Waals surface area contributed by atoms with E-state index in [1.807, 2.05) is 13.8 Å². The molecule has 0 saturated heterocycles. The summed E-state index contributed by atoms with van der Waals surface area (Å²) in [6.07, 6.45) is 3.64. The Morgan fingerprint density at radius 3 is 2.24 bits per heavy atom. The van der Waals surface area contributed by atoms with Gasteiger partial charge in [-0.05, 0) is 47.1 Å². The molecule has 0 N–H and O–H groups in total. The second kappa shape index (κ2) is 7.26. The maximum absolute atomic E-state index is 13.4. The summed E-state index contributed by atoms with van der Waals surface area (Å²) in [5.74, 6) is -0.334. The molecule has 2 aliphatic carbocycles. The molecule has 0 aliphatic heterocycles. The van der Waals surface area contributed by atoms with Crippen LogP contribution in [0, 0.1) is 11.3 Å². The normalized spacial score (nSPS) is 25.2. The topological polar surface area (TPSA) is 69.7 Å². The van der Waals surface area contributed by atoms with Crippen LogP contribution in [0.4, 0.5) is 0 Å². The molecule has 0 amide bonds. The highest BCUT2D eigenvalue weighted by atomic mass is 16.6. The van der Waals surface area contributed by atoms with Crippen LogP contribution >= 0.6 is 0 Å². The van der Waals surface area contributed by atoms with Gasteiger partial charge in [-0.2, -0.15) is 0 Å². The highest BCUT2D eigenvalue weighted by Crippen LogP contribution is 2.59. The number of hydrogen-bond donors (Lipinski definition) is 0. The summed E-state index contributed by atoms with van der Waals surface area (Å²) in [6.45, 7) is 13.3. The van der Waals surface area contributed by atoms with Crippen LogP contribution in [0.3, 0.4) is 0 Å². The van der Waals surface area contributed by atoms with Gasteiger partial charge in [-0.3, -0.25) is 14.4 Å². The number of hydrogen-bond acceptors (Lipinski definition) is 5. The molecule has 2 aliphatic rings. The standard InChI is InChI=1S/C24H32O5/c1-13(2)20-21-16(11-18(28-14(3)25)22(20)29-15(4)26)24(7)10-8-9-23(5,6)19(24)12-17(21)27/h11,13,19H,8-10,12H2,1-7H3/t19-,24+/m0/s1. The first-order valence-corrected chi connectivity index (χ1v) is 10.5. The number of esters is 2. The van der Waals surface area contributed by atoms with Gasteiger partial charge in [0.1, 0.15) is 0 Å². The third-order valence-electron chi connectivity index (χ3n) is 6.87. The number of benzene rings is 1. The van der Waals surface area contributed by atoms with Gasteiger partial charge in [0.15, 0.2) is 17.3 Å². The average molecular weight is 401 g/mol. The highest BCUT2D eigenvalue weighted by molar-refractivity contribution is 6.02. The Morgan fingerprint density at radius 1 is 1.07 bits per heavy atom. The summed E-state index contributed by atoms with van der Waals surface area (Å²) in [5, 5.41) is 0. The maximum Gasteiger partial charge on any atom is 0.308 e. The zero-order valence-electron chi connectivity index (χ0n) is 18.6. The quantitative estimate of drug-likeness (QED) is 0.506. The van der Waals surface area contributed by atoms with Crippen molar-refractivity contribution in [2.75, 3.05) is 0 Å². The smallest absolute Gasteiger partial charge is 0.308 e. The minimum Gasteiger partial charge on any atom is -0.423 e. The fourth-order valence-electron chi connectivity index (χ4n) is 5.67. The predicted molar refractivity (Wildman–Crippen MR) is 111 cm³/mol. The Labute approximate surface area is 173 Å². The number of fused-ring (bicyclic) bond motifs is 3. The van der Waals surface area contributed by atoms with Gasteiger partial charge >= 0.3 is 11.9 Å². The lowest BCUT2D eigenvalue weighted by atomic mass is 9.50. The summed E-state index contributed by atoms with van der Waals surface area (Å²) >= 11 is 0. The van der Waals surface area contributed by atoms with E-state index in [1.165, 1.54) is 13.8 Å². The molecule has 0 radical (unpaired) electrons. The summed E-state index contributed by atoms with van der Waals surface area (Å²) < 4.78 is 11.0. The molecule has 5 nitrogen and oxygen atoms in total. The van der Waals surface area contributed by atoms with Crippen molar-refractivity contribution in [3.8, 4) is 11.5 Å². The van der Waals surface area contributed by atoms with Crippen molar-refractivity contribution >= 4 is 17.7 Å². The zero-order chi connectivity index (χ0) is 21.7. The molecule has 1 fully saturated rings. The summed E-state index contributed by atoms with van der Waals surface area (Å²) in [4.78, 5) is 37.0. The summed E-state index contributed by atoms with van der Waals surface area (Å²) in [5.41, 5.74) is 2.11. The largest absolute Gasteiger partial charge is 0.423 e. The number of carbonyl (C=O) groups excluding carboxylic acids is 3. The van der Waals surface area contributed by atoms with E-state index in [4.69, 9.17) is 9.47 Å². The Morgan fingerprint density at radius 2 is 1.69 bits per heavy atom. The van der Waals surface area contributed by atoms with Crippen LogP contribution in [-0.4, -0.2) is 17.7 Å². The van der Waals surface area contributed by atoms with E-state index in [1.54, 1.807) is 6.07 Å². The number of rotatable bonds is 3. The molecule has 158 valence electrons. The molecular formula is C24H32O5. The number of carbonyl (C=O) groups is 3. The Kier molecular flexibility index (Phi) is 5.39. The number of Topliss-reactive ketones (excluding diaryl/α,β-unsaturated/α-hetero) is 1. The fourth-order valence-corrected chi connectivity index (χ4v) is 5.67. The van der Waals surface area contributed by atoms with Crippen LogP contribution in [0.1, 0.15) is 102 Å².